The molecule has 2 unspecified atom stereocenters. The maximum atomic E-state index is 13.0. The fraction of sp³-hybridized carbons (Fsp3) is 0.393. The van der Waals surface area contributed by atoms with Crippen molar-refractivity contribution in [2.45, 2.75) is 43.0 Å². The Morgan fingerprint density at radius 3 is 2.77 bits per heavy atom. The third-order valence-corrected chi connectivity index (χ3v) is 7.12. The summed E-state index contributed by atoms with van der Waals surface area (Å²) in [5.41, 5.74) is 4.21. The molecule has 1 aliphatic rings. The topological polar surface area (TPSA) is 67.3 Å². The minimum absolute atomic E-state index is 0.00757. The second kappa shape index (κ2) is 12.3. The van der Waals surface area contributed by atoms with Crippen LogP contribution in [-0.2, 0) is 11.3 Å². The third kappa shape index (κ3) is 6.48. The molecule has 0 bridgehead atoms. The Hall–Kier alpha value is -2.74. The van der Waals surface area contributed by atoms with Gasteiger partial charge in [-0.05, 0) is 48.8 Å². The number of hydrogen-bond acceptors (Lipinski definition) is 7. The van der Waals surface area contributed by atoms with E-state index in [1.54, 1.807) is 6.20 Å². The van der Waals surface area contributed by atoms with Crippen LogP contribution in [0.1, 0.15) is 58.3 Å². The van der Waals surface area contributed by atoms with E-state index in [1.165, 1.54) is 22.9 Å². The Bertz CT molecular complexity index is 1120. The number of likely N-dealkylation sites (N-methyl/N-ethyl adjacent to an activating group) is 1. The monoisotopic (exact) mass is 490 g/mol. The largest absolute Gasteiger partial charge is 0.368 e. The van der Waals surface area contributed by atoms with Crippen molar-refractivity contribution < 1.29 is 9.53 Å². The lowest BCUT2D eigenvalue weighted by Gasteiger charge is -2.23. The number of fused-ring (bicyclic) bond motifs is 1. The zero-order valence-electron chi connectivity index (χ0n) is 20.7. The van der Waals surface area contributed by atoms with E-state index in [9.17, 15) is 4.79 Å². The summed E-state index contributed by atoms with van der Waals surface area (Å²) >= 11 is 1.49. The summed E-state index contributed by atoms with van der Waals surface area (Å²) in [5, 5.41) is 3.93. The van der Waals surface area contributed by atoms with Gasteiger partial charge in [0.25, 0.3) is 0 Å². The molecule has 0 radical (unpaired) electrons. The summed E-state index contributed by atoms with van der Waals surface area (Å²) in [6.45, 7) is 2.12. The number of carbonyl (C=O) groups is 1. The molecule has 0 spiro atoms. The van der Waals surface area contributed by atoms with Gasteiger partial charge in [-0.15, -0.1) is 0 Å². The quantitative estimate of drug-likeness (QED) is 0.341. The van der Waals surface area contributed by atoms with Crippen molar-refractivity contribution in [3.05, 3.63) is 83.0 Å². The number of rotatable bonds is 8. The molecule has 0 fully saturated rings. The number of thioether (sulfide) groups is 1. The molecule has 1 N–H and O–H groups in total. The number of ketones is 1. The minimum atomic E-state index is -0.00757. The van der Waals surface area contributed by atoms with Crippen molar-refractivity contribution in [2.75, 3.05) is 38.3 Å². The highest BCUT2D eigenvalue weighted by Crippen LogP contribution is 2.31. The Labute approximate surface area is 212 Å². The van der Waals surface area contributed by atoms with Gasteiger partial charge in [0.2, 0.25) is 0 Å². The number of anilines is 1. The van der Waals surface area contributed by atoms with Crippen LogP contribution in [0.15, 0.2) is 66.0 Å². The standard InChI is InChI=1S/C28H34N4O2S/c1-29-18-26(22-9-5-4-6-10-22)34-19-20-8-7-11-23(16-20)21-12-13-25(33)24-17-30-28(35-3)31-27(24)32(2)15-14-21/h4-11,16-17,21,26,29H,12-15,18-19H2,1-3H3. The summed E-state index contributed by atoms with van der Waals surface area (Å²) in [6.07, 6.45) is 5.90. The fourth-order valence-corrected chi connectivity index (χ4v) is 4.91. The van der Waals surface area contributed by atoms with E-state index in [0.29, 0.717) is 29.7 Å². The van der Waals surface area contributed by atoms with Crippen LogP contribution in [0, 0.1) is 0 Å². The maximum Gasteiger partial charge on any atom is 0.189 e. The minimum Gasteiger partial charge on any atom is -0.368 e. The molecule has 35 heavy (non-hydrogen) atoms. The van der Waals surface area contributed by atoms with E-state index >= 15 is 0 Å². The van der Waals surface area contributed by atoms with E-state index in [-0.39, 0.29) is 11.9 Å². The van der Waals surface area contributed by atoms with Crippen molar-refractivity contribution in [3.8, 4) is 0 Å². The zero-order chi connectivity index (χ0) is 24.6. The van der Waals surface area contributed by atoms with E-state index in [0.717, 1.165) is 37.3 Å². The van der Waals surface area contributed by atoms with E-state index in [2.05, 4.69) is 56.6 Å². The van der Waals surface area contributed by atoms with Crippen molar-refractivity contribution in [1.82, 2.24) is 15.3 Å². The van der Waals surface area contributed by atoms with Gasteiger partial charge in [0.1, 0.15) is 5.82 Å². The van der Waals surface area contributed by atoms with E-state index in [4.69, 9.17) is 4.74 Å². The first kappa shape index (κ1) is 25.4. The summed E-state index contributed by atoms with van der Waals surface area (Å²) < 4.78 is 6.32. The van der Waals surface area contributed by atoms with E-state index < -0.39 is 0 Å². The number of aromatic nitrogens is 2. The number of nitrogens with zero attached hydrogens (tertiary/aromatic N) is 3. The molecule has 2 aromatic carbocycles. The first-order valence-electron chi connectivity index (χ1n) is 12.1. The Morgan fingerprint density at radius 2 is 2.00 bits per heavy atom. The lowest BCUT2D eigenvalue weighted by atomic mass is 9.89. The molecule has 4 rings (SSSR count). The van der Waals surface area contributed by atoms with Gasteiger partial charge in [0, 0.05) is 32.8 Å². The second-order valence-corrected chi connectivity index (χ2v) is 9.75. The number of Topliss-reactive ketones (excluding diaryl/α,β-unsaturated/α-hetero) is 1. The van der Waals surface area contributed by atoms with Crippen LogP contribution in [0.2, 0.25) is 0 Å². The van der Waals surface area contributed by atoms with Gasteiger partial charge in [-0.25, -0.2) is 9.97 Å². The van der Waals surface area contributed by atoms with Crippen molar-refractivity contribution in [3.63, 3.8) is 0 Å². The number of benzene rings is 2. The van der Waals surface area contributed by atoms with Crippen LogP contribution < -0.4 is 10.2 Å². The highest BCUT2D eigenvalue weighted by atomic mass is 32.2. The SMILES string of the molecule is CNCC(OCc1cccc(C2CCC(=O)c3cnc(SC)nc3N(C)CC2)c1)c1ccccc1. The van der Waals surface area contributed by atoms with Gasteiger partial charge >= 0.3 is 0 Å². The Morgan fingerprint density at radius 1 is 1.17 bits per heavy atom. The summed E-state index contributed by atoms with van der Waals surface area (Å²) in [5.74, 6) is 1.16. The van der Waals surface area contributed by atoms with Gasteiger partial charge < -0.3 is 15.0 Å². The van der Waals surface area contributed by atoms with E-state index in [1.807, 2.05) is 38.6 Å². The average molecular weight is 491 g/mol. The molecule has 1 aliphatic heterocycles. The first-order valence-corrected chi connectivity index (χ1v) is 13.4. The summed E-state index contributed by atoms with van der Waals surface area (Å²) in [6, 6.07) is 19.0. The predicted molar refractivity (Wildman–Crippen MR) is 142 cm³/mol. The molecular formula is C28H34N4O2S. The highest BCUT2D eigenvalue weighted by molar-refractivity contribution is 7.98. The van der Waals surface area contributed by atoms with Gasteiger partial charge in [0.15, 0.2) is 10.9 Å². The number of carbonyl (C=O) groups excluding carboxylic acids is 1. The summed E-state index contributed by atoms with van der Waals surface area (Å²) in [7, 11) is 3.96. The number of nitrogens with one attached hydrogen (secondary N) is 1. The van der Waals surface area contributed by atoms with Crippen LogP contribution in [0.3, 0.4) is 0 Å². The van der Waals surface area contributed by atoms with Crippen LogP contribution >= 0.6 is 11.8 Å². The molecule has 0 saturated heterocycles. The van der Waals surface area contributed by atoms with Crippen LogP contribution in [-0.4, -0.2) is 49.2 Å². The van der Waals surface area contributed by atoms with Crippen molar-refractivity contribution >= 4 is 23.4 Å². The van der Waals surface area contributed by atoms with Crippen molar-refractivity contribution in [1.29, 1.82) is 0 Å². The predicted octanol–water partition coefficient (Wildman–Crippen LogP) is 5.26. The van der Waals surface area contributed by atoms with Crippen LogP contribution in [0.5, 0.6) is 0 Å². The van der Waals surface area contributed by atoms with Crippen LogP contribution in [0.25, 0.3) is 0 Å². The molecule has 0 amide bonds. The van der Waals surface area contributed by atoms with Gasteiger partial charge in [-0.3, -0.25) is 4.79 Å². The smallest absolute Gasteiger partial charge is 0.189 e. The first-order chi connectivity index (χ1) is 17.1. The molecule has 1 aromatic heterocycles. The molecular weight excluding hydrogens is 456 g/mol. The highest BCUT2D eigenvalue weighted by Gasteiger charge is 2.24. The molecule has 7 heteroatoms. The lowest BCUT2D eigenvalue weighted by Crippen LogP contribution is -2.23. The summed E-state index contributed by atoms with van der Waals surface area (Å²) in [4.78, 5) is 24.1. The van der Waals surface area contributed by atoms with Gasteiger partial charge in [-0.2, -0.15) is 0 Å². The average Bonchev–Trinajstić information content (AvgIpc) is 2.96. The Kier molecular flexibility index (Phi) is 8.90. The molecule has 184 valence electrons. The van der Waals surface area contributed by atoms with Crippen LogP contribution in [0.4, 0.5) is 5.82 Å². The molecule has 6 nitrogen and oxygen atoms in total. The van der Waals surface area contributed by atoms with Crippen molar-refractivity contribution in [2.24, 2.45) is 0 Å². The molecule has 0 aliphatic carbocycles. The second-order valence-electron chi connectivity index (χ2n) is 8.98. The maximum absolute atomic E-state index is 13.0. The molecule has 2 atom stereocenters. The third-order valence-electron chi connectivity index (χ3n) is 6.56. The molecule has 2 heterocycles. The lowest BCUT2D eigenvalue weighted by molar-refractivity contribution is 0.0410. The zero-order valence-corrected chi connectivity index (χ0v) is 21.6. The number of ether oxygens (including phenoxy) is 1. The fourth-order valence-electron chi connectivity index (χ4n) is 4.58. The van der Waals surface area contributed by atoms with Gasteiger partial charge in [0.05, 0.1) is 18.3 Å². The molecule has 0 saturated carbocycles. The molecule has 3 aromatic rings. The normalized spacial score (nSPS) is 17.3. The Balaban J connectivity index is 1.47. The van der Waals surface area contributed by atoms with Gasteiger partial charge in [-0.1, -0.05) is 66.4 Å². The number of hydrogen-bond donors (Lipinski definition) is 1.